The molecule has 2 amide bonds. The minimum atomic E-state index is -4.18. The van der Waals surface area contributed by atoms with Crippen LogP contribution in [0.15, 0.2) is 29.2 Å². The van der Waals surface area contributed by atoms with E-state index in [-0.39, 0.29) is 0 Å². The zero-order valence-electron chi connectivity index (χ0n) is 10.8. The summed E-state index contributed by atoms with van der Waals surface area (Å²) in [4.78, 5) is 10.9. The fourth-order valence-electron chi connectivity index (χ4n) is 1.35. The first-order chi connectivity index (χ1) is 8.83. The summed E-state index contributed by atoms with van der Waals surface area (Å²) in [6.07, 6.45) is 0.729. The average Bonchev–Trinajstić information content (AvgIpc) is 2.27. The number of halogens is 1. The van der Waals surface area contributed by atoms with Crippen LogP contribution in [0.25, 0.3) is 0 Å². The smallest absolute Gasteiger partial charge is 0.328 e. The van der Waals surface area contributed by atoms with Crippen molar-refractivity contribution in [3.63, 3.8) is 0 Å². The van der Waals surface area contributed by atoms with Crippen molar-refractivity contribution in [2.45, 2.75) is 25.2 Å². The van der Waals surface area contributed by atoms with Crippen LogP contribution in [0, 0.1) is 11.7 Å². The molecule has 1 aromatic carbocycles. The number of hydrogen-bond donors (Lipinski definition) is 2. The number of carbonyl (C=O) groups is 1. The molecule has 0 aliphatic heterocycles. The number of sulfonamides is 1. The zero-order chi connectivity index (χ0) is 14.5. The van der Waals surface area contributed by atoms with Crippen LogP contribution >= 0.6 is 0 Å². The monoisotopic (exact) mass is 288 g/mol. The van der Waals surface area contributed by atoms with Crippen molar-refractivity contribution in [3.05, 3.63) is 30.1 Å². The standard InChI is InChI=1S/C12H17FN2O3S/c1-9(2)7-8-14-12(16)15-19(17,18)11-6-4-3-5-10(11)13/h3-6,9H,7-8H2,1-2H3,(H2,14,15,16). The maximum atomic E-state index is 13.3. The molecule has 19 heavy (non-hydrogen) atoms. The molecule has 0 unspecified atom stereocenters. The van der Waals surface area contributed by atoms with Gasteiger partial charge in [0.2, 0.25) is 0 Å². The first-order valence-electron chi connectivity index (χ1n) is 5.88. The van der Waals surface area contributed by atoms with E-state index in [1.807, 2.05) is 13.8 Å². The largest absolute Gasteiger partial charge is 0.337 e. The maximum absolute atomic E-state index is 13.3. The molecule has 0 saturated heterocycles. The Morgan fingerprint density at radius 2 is 1.95 bits per heavy atom. The maximum Gasteiger partial charge on any atom is 0.328 e. The Morgan fingerprint density at radius 3 is 2.53 bits per heavy atom. The second-order valence-electron chi connectivity index (χ2n) is 4.47. The molecule has 0 heterocycles. The molecule has 0 aliphatic carbocycles. The van der Waals surface area contributed by atoms with Gasteiger partial charge in [-0.1, -0.05) is 26.0 Å². The lowest BCUT2D eigenvalue weighted by molar-refractivity contribution is 0.245. The number of urea groups is 1. The Bertz CT molecular complexity index is 544. The fourth-order valence-corrected chi connectivity index (χ4v) is 2.36. The Labute approximate surface area is 112 Å². The summed E-state index contributed by atoms with van der Waals surface area (Å²) in [6.45, 7) is 4.32. The van der Waals surface area contributed by atoms with Crippen LogP contribution in [-0.4, -0.2) is 21.0 Å². The summed E-state index contributed by atoms with van der Waals surface area (Å²) >= 11 is 0. The molecule has 5 nitrogen and oxygen atoms in total. The van der Waals surface area contributed by atoms with Gasteiger partial charge in [0.1, 0.15) is 10.7 Å². The van der Waals surface area contributed by atoms with Gasteiger partial charge in [0.05, 0.1) is 0 Å². The summed E-state index contributed by atoms with van der Waals surface area (Å²) in [5.74, 6) is -0.506. The highest BCUT2D eigenvalue weighted by Crippen LogP contribution is 2.12. The quantitative estimate of drug-likeness (QED) is 0.868. The van der Waals surface area contributed by atoms with Crippen molar-refractivity contribution in [2.24, 2.45) is 5.92 Å². The first kappa shape index (κ1) is 15.4. The van der Waals surface area contributed by atoms with Gasteiger partial charge in [0, 0.05) is 6.54 Å². The molecule has 1 aromatic rings. The Kier molecular flexibility index (Phi) is 5.29. The third kappa shape index (κ3) is 4.86. The van der Waals surface area contributed by atoms with E-state index in [0.29, 0.717) is 12.5 Å². The lowest BCUT2D eigenvalue weighted by atomic mass is 10.1. The van der Waals surface area contributed by atoms with Crippen molar-refractivity contribution >= 4 is 16.1 Å². The molecule has 2 N–H and O–H groups in total. The highest BCUT2D eigenvalue weighted by molar-refractivity contribution is 7.90. The topological polar surface area (TPSA) is 75.3 Å². The van der Waals surface area contributed by atoms with Crippen LogP contribution in [0.2, 0.25) is 0 Å². The van der Waals surface area contributed by atoms with Gasteiger partial charge in [0.25, 0.3) is 10.0 Å². The number of hydrogen-bond acceptors (Lipinski definition) is 3. The van der Waals surface area contributed by atoms with E-state index in [2.05, 4.69) is 5.32 Å². The van der Waals surface area contributed by atoms with Gasteiger partial charge in [-0.15, -0.1) is 0 Å². The molecule has 0 atom stereocenters. The van der Waals surface area contributed by atoms with Gasteiger partial charge >= 0.3 is 6.03 Å². The van der Waals surface area contributed by atoms with Gasteiger partial charge in [-0.25, -0.2) is 22.3 Å². The van der Waals surface area contributed by atoms with Crippen molar-refractivity contribution in [2.75, 3.05) is 6.54 Å². The number of benzene rings is 1. The summed E-state index contributed by atoms with van der Waals surface area (Å²) in [5.41, 5.74) is 0. The van der Waals surface area contributed by atoms with Crippen molar-refractivity contribution < 1.29 is 17.6 Å². The molecular weight excluding hydrogens is 271 g/mol. The van der Waals surface area contributed by atoms with Gasteiger partial charge < -0.3 is 5.32 Å². The predicted octanol–water partition coefficient (Wildman–Crippen LogP) is 1.86. The first-order valence-corrected chi connectivity index (χ1v) is 7.36. The third-order valence-corrected chi connectivity index (χ3v) is 3.72. The molecule has 7 heteroatoms. The average molecular weight is 288 g/mol. The summed E-state index contributed by atoms with van der Waals surface area (Å²) in [5, 5.41) is 2.41. The van der Waals surface area contributed by atoms with E-state index in [1.165, 1.54) is 12.1 Å². The van der Waals surface area contributed by atoms with E-state index < -0.39 is 26.8 Å². The fraction of sp³-hybridized carbons (Fsp3) is 0.417. The van der Waals surface area contributed by atoms with Gasteiger partial charge in [-0.3, -0.25) is 0 Å². The number of nitrogens with one attached hydrogen (secondary N) is 2. The van der Waals surface area contributed by atoms with E-state index >= 15 is 0 Å². The van der Waals surface area contributed by atoms with Gasteiger partial charge in [-0.2, -0.15) is 0 Å². The van der Waals surface area contributed by atoms with Crippen LogP contribution < -0.4 is 10.0 Å². The Balaban J connectivity index is 2.65. The second kappa shape index (κ2) is 6.51. The van der Waals surface area contributed by atoms with Crippen molar-refractivity contribution in [1.82, 2.24) is 10.0 Å². The van der Waals surface area contributed by atoms with E-state index in [0.717, 1.165) is 18.6 Å². The van der Waals surface area contributed by atoms with Gasteiger partial charge in [-0.05, 0) is 24.5 Å². The summed E-state index contributed by atoms with van der Waals surface area (Å²) in [7, 11) is -4.18. The molecule has 0 aliphatic rings. The van der Waals surface area contributed by atoms with Crippen LogP contribution in [0.5, 0.6) is 0 Å². The van der Waals surface area contributed by atoms with Crippen molar-refractivity contribution in [1.29, 1.82) is 0 Å². The normalized spacial score (nSPS) is 11.4. The van der Waals surface area contributed by atoms with Crippen LogP contribution in [0.1, 0.15) is 20.3 Å². The lowest BCUT2D eigenvalue weighted by Gasteiger charge is -2.10. The SMILES string of the molecule is CC(C)CCNC(=O)NS(=O)(=O)c1ccccc1F. The molecule has 1 rings (SSSR count). The van der Waals surface area contributed by atoms with Crippen LogP contribution in [-0.2, 0) is 10.0 Å². The number of carbonyl (C=O) groups excluding carboxylic acids is 1. The molecule has 0 spiro atoms. The van der Waals surface area contributed by atoms with Crippen LogP contribution in [0.4, 0.5) is 9.18 Å². The summed E-state index contributed by atoms with van der Waals surface area (Å²) in [6, 6.07) is 4.01. The molecule has 0 aromatic heterocycles. The molecule has 0 saturated carbocycles. The highest BCUT2D eigenvalue weighted by atomic mass is 32.2. The molecule has 0 fully saturated rings. The Morgan fingerprint density at radius 1 is 1.32 bits per heavy atom. The van der Waals surface area contributed by atoms with E-state index in [1.54, 1.807) is 4.72 Å². The number of amides is 2. The zero-order valence-corrected chi connectivity index (χ0v) is 11.6. The molecular formula is C12H17FN2O3S. The van der Waals surface area contributed by atoms with Gasteiger partial charge in [0.15, 0.2) is 0 Å². The predicted molar refractivity (Wildman–Crippen MR) is 69.6 cm³/mol. The molecule has 106 valence electrons. The second-order valence-corrected chi connectivity index (χ2v) is 6.13. The van der Waals surface area contributed by atoms with Crippen molar-refractivity contribution in [3.8, 4) is 0 Å². The Hall–Kier alpha value is -1.63. The third-order valence-electron chi connectivity index (χ3n) is 2.36. The molecule has 0 bridgehead atoms. The summed E-state index contributed by atoms with van der Waals surface area (Å²) < 4.78 is 38.6. The highest BCUT2D eigenvalue weighted by Gasteiger charge is 2.20. The van der Waals surface area contributed by atoms with E-state index in [4.69, 9.17) is 0 Å². The number of rotatable bonds is 5. The van der Waals surface area contributed by atoms with Crippen LogP contribution in [0.3, 0.4) is 0 Å². The minimum absolute atomic E-state index is 0.357. The minimum Gasteiger partial charge on any atom is -0.337 e. The lowest BCUT2D eigenvalue weighted by Crippen LogP contribution is -2.40. The van der Waals surface area contributed by atoms with E-state index in [9.17, 15) is 17.6 Å². The molecule has 0 radical (unpaired) electrons.